The van der Waals surface area contributed by atoms with Crippen molar-refractivity contribution in [3.63, 3.8) is 0 Å². The normalized spacial score (nSPS) is 10.2. The molecule has 0 aliphatic carbocycles. The Morgan fingerprint density at radius 3 is 1.12 bits per heavy atom. The van der Waals surface area contributed by atoms with Gasteiger partial charge in [0.15, 0.2) is 0 Å². The molecule has 0 aliphatic rings. The van der Waals surface area contributed by atoms with Crippen molar-refractivity contribution in [3.05, 3.63) is 89.5 Å². The van der Waals surface area contributed by atoms with Crippen molar-refractivity contribution in [2.75, 3.05) is 0 Å². The van der Waals surface area contributed by atoms with E-state index in [0.29, 0.717) is 17.2 Å². The fourth-order valence-electron chi connectivity index (χ4n) is 2.47. The standard InChI is InChI=1S/C21H21BO3/c1-16-7-4-10-19(13-16)23-22(24-20-11-5-8-17(2)14-20)25-21-12-6-9-18(3)15-21/h4-15H,1-3H3. The van der Waals surface area contributed by atoms with Crippen LogP contribution < -0.4 is 14.0 Å². The first kappa shape index (κ1) is 17.0. The summed E-state index contributed by atoms with van der Waals surface area (Å²) in [6, 6.07) is 23.4. The highest BCUT2D eigenvalue weighted by Gasteiger charge is 2.30. The first-order valence-corrected chi connectivity index (χ1v) is 8.28. The Morgan fingerprint density at radius 1 is 0.520 bits per heavy atom. The second-order valence-electron chi connectivity index (χ2n) is 6.09. The van der Waals surface area contributed by atoms with Gasteiger partial charge in [-0.2, -0.15) is 0 Å². The molecular weight excluding hydrogens is 311 g/mol. The number of benzene rings is 3. The van der Waals surface area contributed by atoms with Crippen LogP contribution >= 0.6 is 0 Å². The third-order valence-corrected chi connectivity index (χ3v) is 3.67. The zero-order chi connectivity index (χ0) is 17.6. The van der Waals surface area contributed by atoms with E-state index in [0.717, 1.165) is 16.7 Å². The molecule has 0 spiro atoms. The van der Waals surface area contributed by atoms with Gasteiger partial charge in [-0.25, -0.2) is 0 Å². The van der Waals surface area contributed by atoms with Crippen molar-refractivity contribution in [3.8, 4) is 17.2 Å². The van der Waals surface area contributed by atoms with E-state index in [-0.39, 0.29) is 0 Å². The van der Waals surface area contributed by atoms with Crippen LogP contribution in [-0.2, 0) is 0 Å². The van der Waals surface area contributed by atoms with E-state index in [9.17, 15) is 0 Å². The Bertz CT molecular complexity index is 735. The van der Waals surface area contributed by atoms with Crippen LogP contribution in [0.2, 0.25) is 0 Å². The van der Waals surface area contributed by atoms with E-state index in [1.54, 1.807) is 0 Å². The second kappa shape index (κ2) is 7.80. The van der Waals surface area contributed by atoms with Crippen molar-refractivity contribution in [2.45, 2.75) is 20.8 Å². The van der Waals surface area contributed by atoms with Crippen LogP contribution in [-0.4, -0.2) is 7.32 Å². The van der Waals surface area contributed by atoms with Crippen molar-refractivity contribution < 1.29 is 14.0 Å². The Balaban J connectivity index is 1.82. The molecule has 0 N–H and O–H groups in total. The summed E-state index contributed by atoms with van der Waals surface area (Å²) in [5.74, 6) is 2.10. The monoisotopic (exact) mass is 332 g/mol. The first-order chi connectivity index (χ1) is 12.1. The summed E-state index contributed by atoms with van der Waals surface area (Å²) in [4.78, 5) is 0. The minimum atomic E-state index is -0.884. The maximum absolute atomic E-state index is 5.94. The smallest absolute Gasteiger partial charge is 0.490 e. The molecule has 0 heterocycles. The van der Waals surface area contributed by atoms with Crippen LogP contribution in [0.1, 0.15) is 16.7 Å². The lowest BCUT2D eigenvalue weighted by molar-refractivity contribution is 0.307. The maximum Gasteiger partial charge on any atom is 0.864 e. The SMILES string of the molecule is Cc1cccc(OB(Oc2cccc(C)c2)Oc2cccc(C)c2)c1. The van der Waals surface area contributed by atoms with Gasteiger partial charge in [-0.15, -0.1) is 0 Å². The summed E-state index contributed by atoms with van der Waals surface area (Å²) in [6.45, 7) is 6.06. The third-order valence-electron chi connectivity index (χ3n) is 3.67. The number of hydrogen-bond acceptors (Lipinski definition) is 3. The maximum atomic E-state index is 5.94. The van der Waals surface area contributed by atoms with Crippen molar-refractivity contribution >= 4 is 7.32 Å². The van der Waals surface area contributed by atoms with Crippen LogP contribution in [0, 0.1) is 20.8 Å². The molecule has 0 fully saturated rings. The average Bonchev–Trinajstić information content (AvgIpc) is 2.55. The predicted octanol–water partition coefficient (Wildman–Crippen LogP) is 5.13. The van der Waals surface area contributed by atoms with E-state index in [1.807, 2.05) is 93.6 Å². The molecule has 0 aliphatic heterocycles. The van der Waals surface area contributed by atoms with Gasteiger partial charge < -0.3 is 14.0 Å². The molecule has 0 aromatic heterocycles. The quantitative estimate of drug-likeness (QED) is 0.586. The van der Waals surface area contributed by atoms with Gasteiger partial charge in [-0.05, 0) is 73.9 Å². The lowest BCUT2D eigenvalue weighted by atomic mass is 10.1. The molecule has 3 aromatic rings. The van der Waals surface area contributed by atoms with Gasteiger partial charge >= 0.3 is 7.32 Å². The van der Waals surface area contributed by atoms with E-state index in [1.165, 1.54) is 0 Å². The third kappa shape index (κ3) is 5.05. The van der Waals surface area contributed by atoms with Gasteiger partial charge in [0, 0.05) is 0 Å². The summed E-state index contributed by atoms with van der Waals surface area (Å²) < 4.78 is 17.8. The molecule has 0 atom stereocenters. The fraction of sp³-hybridized carbons (Fsp3) is 0.143. The summed E-state index contributed by atoms with van der Waals surface area (Å²) in [5.41, 5.74) is 3.34. The molecule has 3 nitrogen and oxygen atoms in total. The molecule has 0 bridgehead atoms. The lowest BCUT2D eigenvalue weighted by Gasteiger charge is -2.17. The average molecular weight is 332 g/mol. The molecule has 0 radical (unpaired) electrons. The summed E-state index contributed by atoms with van der Waals surface area (Å²) in [6.07, 6.45) is 0. The van der Waals surface area contributed by atoms with Gasteiger partial charge in [0.05, 0.1) is 0 Å². The van der Waals surface area contributed by atoms with Crippen LogP contribution in [0.3, 0.4) is 0 Å². The predicted molar refractivity (Wildman–Crippen MR) is 101 cm³/mol. The van der Waals surface area contributed by atoms with Gasteiger partial charge in [0.25, 0.3) is 0 Å². The Labute approximate surface area is 149 Å². The lowest BCUT2D eigenvalue weighted by Crippen LogP contribution is -2.37. The van der Waals surface area contributed by atoms with E-state index in [2.05, 4.69) is 0 Å². The molecule has 3 rings (SSSR count). The van der Waals surface area contributed by atoms with Gasteiger partial charge in [-0.1, -0.05) is 36.4 Å². The Morgan fingerprint density at radius 2 is 0.840 bits per heavy atom. The topological polar surface area (TPSA) is 27.7 Å². The molecule has 0 saturated carbocycles. The van der Waals surface area contributed by atoms with Crippen LogP contribution in [0.25, 0.3) is 0 Å². The van der Waals surface area contributed by atoms with E-state index >= 15 is 0 Å². The second-order valence-corrected chi connectivity index (χ2v) is 6.09. The molecule has 4 heteroatoms. The highest BCUT2D eigenvalue weighted by Crippen LogP contribution is 2.20. The molecule has 25 heavy (non-hydrogen) atoms. The van der Waals surface area contributed by atoms with Crippen LogP contribution in [0.5, 0.6) is 17.2 Å². The summed E-state index contributed by atoms with van der Waals surface area (Å²) in [5, 5.41) is 0. The van der Waals surface area contributed by atoms with Crippen LogP contribution in [0.15, 0.2) is 72.8 Å². The minimum Gasteiger partial charge on any atom is -0.490 e. The molecule has 0 unspecified atom stereocenters. The Kier molecular flexibility index (Phi) is 5.29. The van der Waals surface area contributed by atoms with Crippen molar-refractivity contribution in [1.29, 1.82) is 0 Å². The fourth-order valence-corrected chi connectivity index (χ4v) is 2.47. The molecule has 3 aromatic carbocycles. The molecule has 0 amide bonds. The number of rotatable bonds is 6. The van der Waals surface area contributed by atoms with Crippen molar-refractivity contribution in [1.82, 2.24) is 0 Å². The van der Waals surface area contributed by atoms with Gasteiger partial charge in [0.2, 0.25) is 0 Å². The minimum absolute atomic E-state index is 0.699. The highest BCUT2D eigenvalue weighted by atomic mass is 16.7. The molecular formula is C21H21BO3. The van der Waals surface area contributed by atoms with Gasteiger partial charge in [0.1, 0.15) is 17.2 Å². The van der Waals surface area contributed by atoms with E-state index in [4.69, 9.17) is 14.0 Å². The Hall–Kier alpha value is -2.88. The summed E-state index contributed by atoms with van der Waals surface area (Å²) >= 11 is 0. The highest BCUT2D eigenvalue weighted by molar-refractivity contribution is 6.39. The number of aryl methyl sites for hydroxylation is 3. The largest absolute Gasteiger partial charge is 0.864 e. The first-order valence-electron chi connectivity index (χ1n) is 8.28. The van der Waals surface area contributed by atoms with Gasteiger partial charge in [-0.3, -0.25) is 0 Å². The van der Waals surface area contributed by atoms with Crippen molar-refractivity contribution in [2.24, 2.45) is 0 Å². The molecule has 0 saturated heterocycles. The summed E-state index contributed by atoms with van der Waals surface area (Å²) in [7, 11) is -0.884. The van der Waals surface area contributed by atoms with Crippen LogP contribution in [0.4, 0.5) is 0 Å². The molecule has 126 valence electrons. The number of hydrogen-bond donors (Lipinski definition) is 0. The van der Waals surface area contributed by atoms with E-state index < -0.39 is 7.32 Å². The zero-order valence-electron chi connectivity index (χ0n) is 14.7. The zero-order valence-corrected chi connectivity index (χ0v) is 14.7.